The van der Waals surface area contributed by atoms with E-state index in [2.05, 4.69) is 0 Å². The van der Waals surface area contributed by atoms with Crippen LogP contribution < -0.4 is 10.5 Å². The summed E-state index contributed by atoms with van der Waals surface area (Å²) in [5.74, 6) is 0.725. The van der Waals surface area contributed by atoms with E-state index in [-0.39, 0.29) is 13.2 Å². The van der Waals surface area contributed by atoms with Gasteiger partial charge in [-0.3, -0.25) is 0 Å². The van der Waals surface area contributed by atoms with Crippen LogP contribution in [-0.4, -0.2) is 13.2 Å². The molecule has 0 heterocycles. The zero-order chi connectivity index (χ0) is 10.4. The number of ether oxygens (including phenoxy) is 1. The van der Waals surface area contributed by atoms with Crippen molar-refractivity contribution < 1.29 is 9.13 Å². The first kappa shape index (κ1) is 10.7. The molecule has 0 aliphatic heterocycles. The van der Waals surface area contributed by atoms with Crippen LogP contribution in [0.4, 0.5) is 4.39 Å². The van der Waals surface area contributed by atoms with Crippen LogP contribution in [-0.2, 0) is 0 Å². The monoisotopic (exact) mass is 195 g/mol. The third-order valence-corrected chi connectivity index (χ3v) is 1.86. The van der Waals surface area contributed by atoms with Crippen molar-refractivity contribution >= 4 is 0 Å². The van der Waals surface area contributed by atoms with Crippen molar-refractivity contribution in [3.05, 3.63) is 41.7 Å². The van der Waals surface area contributed by atoms with Gasteiger partial charge in [-0.05, 0) is 19.1 Å². The fourth-order valence-electron chi connectivity index (χ4n) is 0.945. The molecule has 0 spiro atoms. The molecule has 0 aromatic heterocycles. The normalized spacial score (nSPS) is 11.5. The lowest BCUT2D eigenvalue weighted by Gasteiger charge is -2.06. The minimum Gasteiger partial charge on any atom is -0.489 e. The van der Waals surface area contributed by atoms with Gasteiger partial charge in [0, 0.05) is 12.1 Å². The molecule has 0 atom stereocenters. The van der Waals surface area contributed by atoms with E-state index in [1.807, 2.05) is 31.2 Å². The molecule has 0 saturated carbocycles. The van der Waals surface area contributed by atoms with Crippen LogP contribution in [0.25, 0.3) is 0 Å². The quantitative estimate of drug-likeness (QED) is 0.799. The zero-order valence-electron chi connectivity index (χ0n) is 8.16. The van der Waals surface area contributed by atoms with Crippen LogP contribution in [0.1, 0.15) is 5.56 Å². The van der Waals surface area contributed by atoms with Gasteiger partial charge in [0.05, 0.1) is 6.33 Å². The maximum absolute atomic E-state index is 12.1. The van der Waals surface area contributed by atoms with E-state index in [1.165, 1.54) is 0 Å². The molecule has 0 fully saturated rings. The van der Waals surface area contributed by atoms with E-state index in [0.717, 1.165) is 11.3 Å². The van der Waals surface area contributed by atoms with Crippen molar-refractivity contribution in [1.82, 2.24) is 0 Å². The molecule has 2 nitrogen and oxygen atoms in total. The Morgan fingerprint density at radius 3 is 2.57 bits per heavy atom. The summed E-state index contributed by atoms with van der Waals surface area (Å²) in [6.45, 7) is 2.38. The first-order valence-corrected chi connectivity index (χ1v) is 4.44. The Morgan fingerprint density at radius 2 is 2.07 bits per heavy atom. The summed E-state index contributed by atoms with van der Waals surface area (Å²) in [6, 6.07) is 7.58. The van der Waals surface area contributed by atoms with E-state index in [9.17, 15) is 4.39 Å². The average Bonchev–Trinajstić information content (AvgIpc) is 2.22. The molecule has 2 N–H and O–H groups in total. The maximum Gasteiger partial charge on any atom is 0.119 e. The SMILES string of the molecule is Cc1ccc(OCC(=CF)CN)cc1. The summed E-state index contributed by atoms with van der Waals surface area (Å²) in [5.41, 5.74) is 6.90. The molecular formula is C11H14FNO. The van der Waals surface area contributed by atoms with Gasteiger partial charge in [-0.25, -0.2) is 4.39 Å². The predicted octanol–water partition coefficient (Wildman–Crippen LogP) is 2.19. The summed E-state index contributed by atoms with van der Waals surface area (Å²) < 4.78 is 17.4. The van der Waals surface area contributed by atoms with Crippen LogP contribution >= 0.6 is 0 Å². The molecule has 14 heavy (non-hydrogen) atoms. The Kier molecular flexibility index (Phi) is 4.13. The molecule has 0 amide bonds. The fourth-order valence-corrected chi connectivity index (χ4v) is 0.945. The van der Waals surface area contributed by atoms with Crippen LogP contribution in [0.15, 0.2) is 36.2 Å². The van der Waals surface area contributed by atoms with E-state index in [0.29, 0.717) is 11.9 Å². The Hall–Kier alpha value is -1.35. The molecule has 3 heteroatoms. The van der Waals surface area contributed by atoms with Gasteiger partial charge in [0.15, 0.2) is 0 Å². The molecule has 1 rings (SSSR count). The van der Waals surface area contributed by atoms with Gasteiger partial charge in [0.25, 0.3) is 0 Å². The fraction of sp³-hybridized carbons (Fsp3) is 0.273. The highest BCUT2D eigenvalue weighted by Crippen LogP contribution is 2.12. The second kappa shape index (κ2) is 5.40. The zero-order valence-corrected chi connectivity index (χ0v) is 8.16. The lowest BCUT2D eigenvalue weighted by molar-refractivity contribution is 0.347. The molecule has 0 radical (unpaired) electrons. The summed E-state index contributed by atoms with van der Waals surface area (Å²) in [6.07, 6.45) is 0.494. The number of benzene rings is 1. The Bertz CT molecular complexity index is 306. The molecule has 0 unspecified atom stereocenters. The highest BCUT2D eigenvalue weighted by Gasteiger charge is 1.97. The van der Waals surface area contributed by atoms with Crippen molar-refractivity contribution in [2.45, 2.75) is 6.92 Å². The van der Waals surface area contributed by atoms with Crippen LogP contribution in [0.3, 0.4) is 0 Å². The number of hydrogen-bond donors (Lipinski definition) is 1. The van der Waals surface area contributed by atoms with Crippen molar-refractivity contribution in [3.8, 4) is 5.75 Å². The van der Waals surface area contributed by atoms with Crippen LogP contribution in [0, 0.1) is 6.92 Å². The highest BCUT2D eigenvalue weighted by molar-refractivity contribution is 5.26. The van der Waals surface area contributed by atoms with E-state index < -0.39 is 0 Å². The van der Waals surface area contributed by atoms with Gasteiger partial charge in [-0.15, -0.1) is 0 Å². The summed E-state index contributed by atoms with van der Waals surface area (Å²) in [7, 11) is 0. The van der Waals surface area contributed by atoms with Gasteiger partial charge in [0.2, 0.25) is 0 Å². The molecule has 0 aliphatic rings. The van der Waals surface area contributed by atoms with Crippen molar-refractivity contribution in [2.24, 2.45) is 5.73 Å². The molecule has 76 valence electrons. The summed E-state index contributed by atoms with van der Waals surface area (Å²) in [4.78, 5) is 0. The van der Waals surface area contributed by atoms with Gasteiger partial charge in [-0.1, -0.05) is 17.7 Å². The van der Waals surface area contributed by atoms with Crippen LogP contribution in [0.2, 0.25) is 0 Å². The second-order valence-electron chi connectivity index (χ2n) is 3.07. The maximum atomic E-state index is 12.1. The average molecular weight is 195 g/mol. The Morgan fingerprint density at radius 1 is 1.43 bits per heavy atom. The first-order valence-electron chi connectivity index (χ1n) is 4.44. The largest absolute Gasteiger partial charge is 0.489 e. The third-order valence-electron chi connectivity index (χ3n) is 1.86. The minimum atomic E-state index is 0.183. The summed E-state index contributed by atoms with van der Waals surface area (Å²) >= 11 is 0. The Labute approximate surface area is 83.2 Å². The van der Waals surface area contributed by atoms with Gasteiger partial charge in [-0.2, -0.15) is 0 Å². The van der Waals surface area contributed by atoms with Gasteiger partial charge >= 0.3 is 0 Å². The van der Waals surface area contributed by atoms with E-state index in [1.54, 1.807) is 0 Å². The molecule has 0 aliphatic carbocycles. The number of halogens is 1. The Balaban J connectivity index is 2.49. The first-order chi connectivity index (χ1) is 6.76. The van der Waals surface area contributed by atoms with Crippen molar-refractivity contribution in [2.75, 3.05) is 13.2 Å². The van der Waals surface area contributed by atoms with E-state index in [4.69, 9.17) is 10.5 Å². The second-order valence-corrected chi connectivity index (χ2v) is 3.07. The highest BCUT2D eigenvalue weighted by atomic mass is 19.1. The minimum absolute atomic E-state index is 0.183. The van der Waals surface area contributed by atoms with Gasteiger partial charge in [0.1, 0.15) is 12.4 Å². The number of rotatable bonds is 4. The molecular weight excluding hydrogens is 181 g/mol. The van der Waals surface area contributed by atoms with Gasteiger partial charge < -0.3 is 10.5 Å². The molecule has 0 saturated heterocycles. The predicted molar refractivity (Wildman–Crippen MR) is 54.9 cm³/mol. The molecule has 1 aromatic rings. The van der Waals surface area contributed by atoms with Crippen molar-refractivity contribution in [3.63, 3.8) is 0 Å². The lowest BCUT2D eigenvalue weighted by atomic mass is 10.2. The number of nitrogens with two attached hydrogens (primary N) is 1. The van der Waals surface area contributed by atoms with Crippen molar-refractivity contribution in [1.29, 1.82) is 0 Å². The third kappa shape index (κ3) is 3.18. The smallest absolute Gasteiger partial charge is 0.119 e. The summed E-state index contributed by atoms with van der Waals surface area (Å²) in [5, 5.41) is 0. The number of aryl methyl sites for hydroxylation is 1. The standard InChI is InChI=1S/C11H14FNO/c1-9-2-4-11(5-3-9)14-8-10(6-12)7-13/h2-6H,7-8,13H2,1H3. The molecule has 0 bridgehead atoms. The lowest BCUT2D eigenvalue weighted by Crippen LogP contribution is -2.10. The van der Waals surface area contributed by atoms with E-state index >= 15 is 0 Å². The topological polar surface area (TPSA) is 35.2 Å². The molecule has 1 aromatic carbocycles. The number of hydrogen-bond acceptors (Lipinski definition) is 2. The van der Waals surface area contributed by atoms with Crippen LogP contribution in [0.5, 0.6) is 5.75 Å².